The van der Waals surface area contributed by atoms with E-state index in [0.717, 1.165) is 29.9 Å². The van der Waals surface area contributed by atoms with Gasteiger partial charge in [0, 0.05) is 37.8 Å². The van der Waals surface area contributed by atoms with Gasteiger partial charge in [0.05, 0.1) is 11.3 Å². The lowest BCUT2D eigenvalue weighted by Crippen LogP contribution is -2.32. The number of rotatable bonds is 2. The number of nitrogens with zero attached hydrogens (tertiary/aromatic N) is 2. The van der Waals surface area contributed by atoms with E-state index in [2.05, 4.69) is 20.3 Å². The topological polar surface area (TPSA) is 70.7 Å². The summed E-state index contributed by atoms with van der Waals surface area (Å²) >= 11 is 0. The highest BCUT2D eigenvalue weighted by Gasteiger charge is 2.15. The first kappa shape index (κ1) is 11.1. The first-order valence-corrected chi connectivity index (χ1v) is 6.04. The van der Waals surface area contributed by atoms with Crippen molar-refractivity contribution in [3.63, 3.8) is 0 Å². The minimum atomic E-state index is -0.0295. The molecule has 0 spiro atoms. The molecule has 1 aliphatic rings. The van der Waals surface area contributed by atoms with E-state index in [0.29, 0.717) is 18.8 Å². The van der Waals surface area contributed by atoms with Gasteiger partial charge in [-0.3, -0.25) is 9.78 Å². The third-order valence-electron chi connectivity index (χ3n) is 3.07. The molecule has 5 nitrogen and oxygen atoms in total. The van der Waals surface area contributed by atoms with Gasteiger partial charge in [0.2, 0.25) is 0 Å². The SMILES string of the molecule is O=c1[nH]c(Cc2ccccn2)nc2c1CNCC2. The van der Waals surface area contributed by atoms with E-state index in [1.165, 1.54) is 0 Å². The van der Waals surface area contributed by atoms with Crippen LogP contribution in [0.15, 0.2) is 29.2 Å². The number of aromatic nitrogens is 3. The molecule has 3 heterocycles. The summed E-state index contributed by atoms with van der Waals surface area (Å²) in [5, 5.41) is 3.18. The zero-order chi connectivity index (χ0) is 12.4. The van der Waals surface area contributed by atoms with Crippen molar-refractivity contribution in [2.75, 3.05) is 6.54 Å². The van der Waals surface area contributed by atoms with Crippen molar-refractivity contribution in [1.29, 1.82) is 0 Å². The first-order chi connectivity index (χ1) is 8.83. The monoisotopic (exact) mass is 242 g/mol. The van der Waals surface area contributed by atoms with Crippen molar-refractivity contribution in [1.82, 2.24) is 20.3 Å². The summed E-state index contributed by atoms with van der Waals surface area (Å²) in [6, 6.07) is 5.74. The van der Waals surface area contributed by atoms with Gasteiger partial charge in [-0.1, -0.05) is 6.07 Å². The van der Waals surface area contributed by atoms with Crippen LogP contribution in [0.5, 0.6) is 0 Å². The van der Waals surface area contributed by atoms with Crippen LogP contribution in [0.25, 0.3) is 0 Å². The number of aromatic amines is 1. The molecule has 5 heteroatoms. The quantitative estimate of drug-likeness (QED) is 0.799. The van der Waals surface area contributed by atoms with E-state index < -0.39 is 0 Å². The molecule has 0 bridgehead atoms. The normalized spacial score (nSPS) is 14.2. The van der Waals surface area contributed by atoms with Crippen molar-refractivity contribution >= 4 is 0 Å². The fraction of sp³-hybridized carbons (Fsp3) is 0.308. The van der Waals surface area contributed by atoms with Crippen LogP contribution in [0.1, 0.15) is 22.8 Å². The number of hydrogen-bond donors (Lipinski definition) is 2. The Morgan fingerprint density at radius 2 is 2.28 bits per heavy atom. The van der Waals surface area contributed by atoms with Gasteiger partial charge in [0.25, 0.3) is 5.56 Å². The molecule has 0 aromatic carbocycles. The molecular formula is C13H14N4O. The molecule has 18 heavy (non-hydrogen) atoms. The average Bonchev–Trinajstić information content (AvgIpc) is 2.40. The molecule has 0 saturated carbocycles. The highest BCUT2D eigenvalue weighted by atomic mass is 16.1. The van der Waals surface area contributed by atoms with Crippen LogP contribution in [0.4, 0.5) is 0 Å². The van der Waals surface area contributed by atoms with Crippen LogP contribution in [-0.2, 0) is 19.4 Å². The number of nitrogens with one attached hydrogen (secondary N) is 2. The molecule has 2 N–H and O–H groups in total. The lowest BCUT2D eigenvalue weighted by atomic mass is 10.1. The smallest absolute Gasteiger partial charge is 0.255 e. The summed E-state index contributed by atoms with van der Waals surface area (Å²) < 4.78 is 0. The Balaban J connectivity index is 1.94. The molecule has 0 atom stereocenters. The molecule has 0 unspecified atom stereocenters. The molecule has 0 saturated heterocycles. The maximum absolute atomic E-state index is 11.9. The first-order valence-electron chi connectivity index (χ1n) is 6.04. The van der Waals surface area contributed by atoms with Crippen LogP contribution < -0.4 is 10.9 Å². The minimum absolute atomic E-state index is 0.0295. The standard InChI is InChI=1S/C13H14N4O/c18-13-10-8-14-6-4-11(10)16-12(17-13)7-9-3-1-2-5-15-9/h1-3,5,14H,4,6-8H2,(H,16,17,18). The van der Waals surface area contributed by atoms with Crippen molar-refractivity contribution in [2.45, 2.75) is 19.4 Å². The molecular weight excluding hydrogens is 228 g/mol. The summed E-state index contributed by atoms with van der Waals surface area (Å²) in [6.07, 6.45) is 3.13. The summed E-state index contributed by atoms with van der Waals surface area (Å²) in [7, 11) is 0. The second-order valence-corrected chi connectivity index (χ2v) is 4.36. The minimum Gasteiger partial charge on any atom is -0.312 e. The van der Waals surface area contributed by atoms with Gasteiger partial charge < -0.3 is 10.3 Å². The van der Waals surface area contributed by atoms with Crippen LogP contribution in [0, 0.1) is 0 Å². The van der Waals surface area contributed by atoms with Gasteiger partial charge >= 0.3 is 0 Å². The summed E-state index contributed by atoms with van der Waals surface area (Å²) in [5.74, 6) is 0.694. The van der Waals surface area contributed by atoms with Crippen LogP contribution in [0.2, 0.25) is 0 Å². The highest BCUT2D eigenvalue weighted by Crippen LogP contribution is 2.08. The van der Waals surface area contributed by atoms with Gasteiger partial charge in [0.15, 0.2) is 0 Å². The van der Waals surface area contributed by atoms with E-state index in [1.807, 2.05) is 18.2 Å². The molecule has 0 amide bonds. The van der Waals surface area contributed by atoms with Crippen molar-refractivity contribution in [3.8, 4) is 0 Å². The van der Waals surface area contributed by atoms with Gasteiger partial charge in [-0.05, 0) is 12.1 Å². The van der Waals surface area contributed by atoms with Crippen LogP contribution in [0.3, 0.4) is 0 Å². The Morgan fingerprint density at radius 3 is 3.11 bits per heavy atom. The van der Waals surface area contributed by atoms with E-state index >= 15 is 0 Å². The van der Waals surface area contributed by atoms with Gasteiger partial charge in [0.1, 0.15) is 5.82 Å². The molecule has 3 rings (SSSR count). The maximum Gasteiger partial charge on any atom is 0.255 e. The highest BCUT2D eigenvalue weighted by molar-refractivity contribution is 5.22. The van der Waals surface area contributed by atoms with Gasteiger partial charge in [-0.15, -0.1) is 0 Å². The zero-order valence-electron chi connectivity index (χ0n) is 9.94. The molecule has 2 aromatic rings. The third-order valence-corrected chi connectivity index (χ3v) is 3.07. The largest absolute Gasteiger partial charge is 0.312 e. The maximum atomic E-state index is 11.9. The molecule has 1 aliphatic heterocycles. The number of hydrogen-bond acceptors (Lipinski definition) is 4. The molecule has 2 aromatic heterocycles. The Kier molecular flexibility index (Phi) is 2.90. The van der Waals surface area contributed by atoms with E-state index in [9.17, 15) is 4.79 Å². The molecule has 0 aliphatic carbocycles. The summed E-state index contributed by atoms with van der Waals surface area (Å²) in [5.41, 5.74) is 2.57. The number of pyridine rings is 1. The fourth-order valence-corrected chi connectivity index (χ4v) is 2.16. The lowest BCUT2D eigenvalue weighted by molar-refractivity contribution is 0.614. The number of fused-ring (bicyclic) bond motifs is 1. The fourth-order valence-electron chi connectivity index (χ4n) is 2.16. The average molecular weight is 242 g/mol. The molecule has 0 fully saturated rings. The summed E-state index contributed by atoms with van der Waals surface area (Å²) in [6.45, 7) is 1.49. The van der Waals surface area contributed by atoms with Crippen molar-refractivity contribution in [2.24, 2.45) is 0 Å². The van der Waals surface area contributed by atoms with Crippen LogP contribution in [-0.4, -0.2) is 21.5 Å². The molecule has 0 radical (unpaired) electrons. The second kappa shape index (κ2) is 4.70. The predicted molar refractivity (Wildman–Crippen MR) is 67.3 cm³/mol. The van der Waals surface area contributed by atoms with E-state index in [4.69, 9.17) is 0 Å². The second-order valence-electron chi connectivity index (χ2n) is 4.36. The number of H-pyrrole nitrogens is 1. The Bertz CT molecular complexity index is 606. The van der Waals surface area contributed by atoms with E-state index in [1.54, 1.807) is 6.20 Å². The van der Waals surface area contributed by atoms with Crippen molar-refractivity contribution in [3.05, 3.63) is 57.5 Å². The van der Waals surface area contributed by atoms with Crippen LogP contribution >= 0.6 is 0 Å². The van der Waals surface area contributed by atoms with E-state index in [-0.39, 0.29) is 5.56 Å². The van der Waals surface area contributed by atoms with Gasteiger partial charge in [-0.25, -0.2) is 4.98 Å². The molecule has 92 valence electrons. The summed E-state index contributed by atoms with van der Waals surface area (Å²) in [4.78, 5) is 23.5. The Labute approximate surface area is 104 Å². The third kappa shape index (κ3) is 2.17. The van der Waals surface area contributed by atoms with Crippen molar-refractivity contribution < 1.29 is 0 Å². The van der Waals surface area contributed by atoms with Gasteiger partial charge in [-0.2, -0.15) is 0 Å². The predicted octanol–water partition coefficient (Wildman–Crippen LogP) is 0.401. The lowest BCUT2D eigenvalue weighted by Gasteiger charge is -2.15. The Hall–Kier alpha value is -2.01. The Morgan fingerprint density at radius 1 is 1.33 bits per heavy atom. The zero-order valence-corrected chi connectivity index (χ0v) is 9.94.